The van der Waals surface area contributed by atoms with Crippen LogP contribution in [-0.2, 0) is 25.7 Å². The summed E-state index contributed by atoms with van der Waals surface area (Å²) in [5.74, 6) is -1.27. The van der Waals surface area contributed by atoms with Crippen LogP contribution < -0.4 is 5.32 Å². The molecular weight excluding hydrogens is 374 g/mol. The van der Waals surface area contributed by atoms with Crippen LogP contribution in [0.1, 0.15) is 49.5 Å². The first kappa shape index (κ1) is 22.4. The van der Waals surface area contributed by atoms with Gasteiger partial charge >= 0.3 is 5.97 Å². The number of hydrogen-bond acceptors (Lipinski definition) is 5. The summed E-state index contributed by atoms with van der Waals surface area (Å²) < 4.78 is 5.10. The van der Waals surface area contributed by atoms with Crippen molar-refractivity contribution in [3.63, 3.8) is 0 Å². The average Bonchev–Trinajstić information content (AvgIpc) is 3.02. The molecule has 1 aliphatic heterocycles. The van der Waals surface area contributed by atoms with Crippen LogP contribution in [0.2, 0.25) is 0 Å². The Bertz CT molecular complexity index is 785. The summed E-state index contributed by atoms with van der Waals surface area (Å²) in [7, 11) is 1.48. The van der Waals surface area contributed by atoms with Gasteiger partial charge in [0.2, 0.25) is 11.8 Å². The van der Waals surface area contributed by atoms with Gasteiger partial charge in [-0.25, -0.2) is 4.79 Å². The molecule has 0 atom stereocenters. The number of likely N-dealkylation sites (tertiary alicyclic amines) is 1. The van der Waals surface area contributed by atoms with Gasteiger partial charge in [0, 0.05) is 32.1 Å². The monoisotopic (exact) mass is 403 g/mol. The summed E-state index contributed by atoms with van der Waals surface area (Å²) in [6.45, 7) is 6.15. The molecule has 0 aliphatic carbocycles. The molecular formula is C21H29N3O5. The zero-order chi connectivity index (χ0) is 21.6. The summed E-state index contributed by atoms with van der Waals surface area (Å²) in [6.07, 6.45) is 1.41. The predicted molar refractivity (Wildman–Crippen MR) is 107 cm³/mol. The van der Waals surface area contributed by atoms with Crippen LogP contribution >= 0.6 is 0 Å². The standard InChI is InChI=1S/C21H29N3O5/c1-21(2,3)22-17(25)13-23(4)19(27)14-29-20(28)16-8-5-7-15(11-16)12-24-10-6-9-18(24)26/h5,7-8,11H,6,9-10,12-14H2,1-4H3,(H,22,25). The van der Waals surface area contributed by atoms with Crippen molar-refractivity contribution in [3.8, 4) is 0 Å². The second kappa shape index (κ2) is 9.54. The van der Waals surface area contributed by atoms with Gasteiger partial charge in [-0.15, -0.1) is 0 Å². The van der Waals surface area contributed by atoms with E-state index in [0.717, 1.165) is 18.5 Å². The first-order valence-electron chi connectivity index (χ1n) is 9.64. The predicted octanol–water partition coefficient (Wildman–Crippen LogP) is 1.34. The Balaban J connectivity index is 1.85. The Morgan fingerprint density at radius 3 is 2.59 bits per heavy atom. The molecule has 1 aromatic carbocycles. The van der Waals surface area contributed by atoms with Crippen molar-refractivity contribution in [1.82, 2.24) is 15.1 Å². The minimum absolute atomic E-state index is 0.113. The lowest BCUT2D eigenvalue weighted by Gasteiger charge is -2.23. The van der Waals surface area contributed by atoms with Crippen molar-refractivity contribution in [2.45, 2.75) is 45.7 Å². The lowest BCUT2D eigenvalue weighted by atomic mass is 10.1. The topological polar surface area (TPSA) is 96.0 Å². The Morgan fingerprint density at radius 2 is 1.97 bits per heavy atom. The molecule has 2 rings (SSSR count). The lowest BCUT2D eigenvalue weighted by molar-refractivity contribution is -0.137. The van der Waals surface area contributed by atoms with E-state index < -0.39 is 24.0 Å². The molecule has 1 saturated heterocycles. The van der Waals surface area contributed by atoms with Gasteiger partial charge in [0.15, 0.2) is 6.61 Å². The summed E-state index contributed by atoms with van der Waals surface area (Å²) in [5, 5.41) is 2.77. The molecule has 0 aromatic heterocycles. The van der Waals surface area contributed by atoms with Crippen molar-refractivity contribution < 1.29 is 23.9 Å². The normalized spacial score (nSPS) is 13.9. The number of likely N-dealkylation sites (N-methyl/N-ethyl adjacent to an activating group) is 1. The zero-order valence-corrected chi connectivity index (χ0v) is 17.5. The van der Waals surface area contributed by atoms with Gasteiger partial charge in [0.1, 0.15) is 0 Å². The maximum absolute atomic E-state index is 12.3. The van der Waals surface area contributed by atoms with Crippen LogP contribution in [0.5, 0.6) is 0 Å². The highest BCUT2D eigenvalue weighted by molar-refractivity contribution is 5.92. The number of nitrogens with zero attached hydrogens (tertiary/aromatic N) is 2. The quantitative estimate of drug-likeness (QED) is 0.693. The number of hydrogen-bond donors (Lipinski definition) is 1. The molecule has 29 heavy (non-hydrogen) atoms. The first-order valence-corrected chi connectivity index (χ1v) is 9.64. The Hall–Kier alpha value is -2.90. The van der Waals surface area contributed by atoms with E-state index in [9.17, 15) is 19.2 Å². The third kappa shape index (κ3) is 7.21. The van der Waals surface area contributed by atoms with Gasteiger partial charge < -0.3 is 19.9 Å². The van der Waals surface area contributed by atoms with Gasteiger partial charge in [-0.2, -0.15) is 0 Å². The third-order valence-corrected chi connectivity index (χ3v) is 4.36. The van der Waals surface area contributed by atoms with E-state index in [1.165, 1.54) is 11.9 Å². The molecule has 0 radical (unpaired) electrons. The SMILES string of the molecule is CN(CC(=O)NC(C)(C)C)C(=O)COC(=O)c1cccc(CN2CCCC2=O)c1. The highest BCUT2D eigenvalue weighted by Crippen LogP contribution is 2.15. The van der Waals surface area contributed by atoms with Gasteiger partial charge in [-0.05, 0) is 44.9 Å². The highest BCUT2D eigenvalue weighted by Gasteiger charge is 2.21. The summed E-state index contributed by atoms with van der Waals surface area (Å²) in [4.78, 5) is 51.0. The van der Waals surface area contributed by atoms with Crippen molar-refractivity contribution in [3.05, 3.63) is 35.4 Å². The molecule has 1 heterocycles. The Kier molecular flexibility index (Phi) is 7.36. The molecule has 0 spiro atoms. The molecule has 0 unspecified atom stereocenters. The van der Waals surface area contributed by atoms with E-state index in [-0.39, 0.29) is 18.4 Å². The van der Waals surface area contributed by atoms with Crippen LogP contribution in [0.15, 0.2) is 24.3 Å². The molecule has 0 bridgehead atoms. The largest absolute Gasteiger partial charge is 0.452 e. The van der Waals surface area contributed by atoms with Crippen molar-refractivity contribution in [2.24, 2.45) is 0 Å². The van der Waals surface area contributed by atoms with E-state index in [0.29, 0.717) is 18.5 Å². The van der Waals surface area contributed by atoms with Gasteiger partial charge in [-0.3, -0.25) is 14.4 Å². The van der Waals surface area contributed by atoms with Crippen LogP contribution in [0.25, 0.3) is 0 Å². The summed E-state index contributed by atoms with van der Waals surface area (Å²) in [5.41, 5.74) is 0.755. The number of carbonyl (C=O) groups is 4. The maximum atomic E-state index is 12.3. The van der Waals surface area contributed by atoms with E-state index in [2.05, 4.69) is 5.32 Å². The summed E-state index contributed by atoms with van der Waals surface area (Å²) >= 11 is 0. The number of nitrogens with one attached hydrogen (secondary N) is 1. The molecule has 158 valence electrons. The fraction of sp³-hybridized carbons (Fsp3) is 0.524. The fourth-order valence-electron chi connectivity index (χ4n) is 2.97. The molecule has 3 amide bonds. The lowest BCUT2D eigenvalue weighted by Crippen LogP contribution is -2.46. The smallest absolute Gasteiger partial charge is 0.338 e. The molecule has 1 aliphatic rings. The van der Waals surface area contributed by atoms with Crippen molar-refractivity contribution in [2.75, 3.05) is 26.7 Å². The van der Waals surface area contributed by atoms with Crippen LogP contribution in [0.4, 0.5) is 0 Å². The first-order chi connectivity index (χ1) is 13.5. The maximum Gasteiger partial charge on any atom is 0.338 e. The van der Waals surface area contributed by atoms with Gasteiger partial charge in [-0.1, -0.05) is 12.1 Å². The Labute approximate surface area is 171 Å². The van der Waals surface area contributed by atoms with Crippen molar-refractivity contribution >= 4 is 23.7 Å². The number of amides is 3. The Morgan fingerprint density at radius 1 is 1.24 bits per heavy atom. The average molecular weight is 403 g/mol. The minimum Gasteiger partial charge on any atom is -0.452 e. The summed E-state index contributed by atoms with van der Waals surface area (Å²) in [6, 6.07) is 6.83. The fourth-order valence-corrected chi connectivity index (χ4v) is 2.97. The second-order valence-corrected chi connectivity index (χ2v) is 8.24. The van der Waals surface area contributed by atoms with Crippen LogP contribution in [0.3, 0.4) is 0 Å². The van der Waals surface area contributed by atoms with Crippen LogP contribution in [0, 0.1) is 0 Å². The molecule has 1 fully saturated rings. The minimum atomic E-state index is -0.625. The van der Waals surface area contributed by atoms with E-state index in [1.807, 2.05) is 26.8 Å². The van der Waals surface area contributed by atoms with E-state index in [4.69, 9.17) is 4.74 Å². The molecule has 0 saturated carbocycles. The van der Waals surface area contributed by atoms with Gasteiger partial charge in [0.25, 0.3) is 5.91 Å². The van der Waals surface area contributed by atoms with E-state index >= 15 is 0 Å². The number of rotatable bonds is 7. The molecule has 8 heteroatoms. The molecule has 1 N–H and O–H groups in total. The second-order valence-electron chi connectivity index (χ2n) is 8.24. The number of ether oxygens (including phenoxy) is 1. The third-order valence-electron chi connectivity index (χ3n) is 4.36. The van der Waals surface area contributed by atoms with Gasteiger partial charge in [0.05, 0.1) is 12.1 Å². The number of carbonyl (C=O) groups excluding carboxylic acids is 4. The highest BCUT2D eigenvalue weighted by atomic mass is 16.5. The number of esters is 1. The molecule has 1 aromatic rings. The van der Waals surface area contributed by atoms with Crippen molar-refractivity contribution in [1.29, 1.82) is 0 Å². The number of benzene rings is 1. The molecule has 8 nitrogen and oxygen atoms in total. The van der Waals surface area contributed by atoms with Crippen LogP contribution in [-0.4, -0.2) is 65.8 Å². The van der Waals surface area contributed by atoms with E-state index in [1.54, 1.807) is 23.1 Å². The zero-order valence-electron chi connectivity index (χ0n) is 17.5.